The van der Waals surface area contributed by atoms with Crippen LogP contribution in [0, 0.1) is 18.8 Å². The van der Waals surface area contributed by atoms with Gasteiger partial charge in [-0.1, -0.05) is 25.7 Å². The van der Waals surface area contributed by atoms with Crippen LogP contribution < -0.4 is 0 Å². The molecule has 0 saturated heterocycles. The number of aryl methyl sites for hydroxylation is 3. The molecule has 0 aromatic carbocycles. The number of thiophene rings is 1. The zero-order valence-corrected chi connectivity index (χ0v) is 23.7. The Morgan fingerprint density at radius 3 is 1.94 bits per heavy atom. The van der Waals surface area contributed by atoms with Gasteiger partial charge in [-0.3, -0.25) is 9.97 Å². The van der Waals surface area contributed by atoms with Crippen LogP contribution >= 0.6 is 40.4 Å². The van der Waals surface area contributed by atoms with Crippen molar-refractivity contribution in [1.29, 1.82) is 0 Å². The van der Waals surface area contributed by atoms with E-state index in [2.05, 4.69) is 72.9 Å². The summed E-state index contributed by atoms with van der Waals surface area (Å²) in [5.74, 6) is 6.50. The van der Waals surface area contributed by atoms with Crippen molar-refractivity contribution in [3.8, 4) is 34.6 Å². The Kier molecular flexibility index (Phi) is 10.5. The molecule has 4 rings (SSSR count). The second-order valence-electron chi connectivity index (χ2n) is 7.24. The monoisotopic (exact) mass is 616 g/mol. The number of pyridine rings is 3. The summed E-state index contributed by atoms with van der Waals surface area (Å²) in [6.07, 6.45) is 5.55. The van der Waals surface area contributed by atoms with Crippen molar-refractivity contribution in [3.05, 3.63) is 87.4 Å². The molecule has 3 nitrogen and oxygen atoms in total. The third kappa shape index (κ3) is 8.15. The molecule has 4 heterocycles. The van der Waals surface area contributed by atoms with Crippen molar-refractivity contribution >= 4 is 40.4 Å². The second-order valence-corrected chi connectivity index (χ2v) is 16.4. The second kappa shape index (κ2) is 13.3. The topological polar surface area (TPSA) is 38.7 Å². The molecule has 0 spiro atoms. The predicted molar refractivity (Wildman–Crippen MR) is 142 cm³/mol. The van der Waals surface area contributed by atoms with E-state index in [4.69, 9.17) is 34.1 Å². The van der Waals surface area contributed by atoms with Gasteiger partial charge in [-0.05, 0) is 79.4 Å². The zero-order chi connectivity index (χ0) is 24.5. The summed E-state index contributed by atoms with van der Waals surface area (Å²) in [6, 6.07) is 16.5. The van der Waals surface area contributed by atoms with E-state index in [0.29, 0.717) is 0 Å². The molecular formula is C26H23Cl3N3RuS. The summed E-state index contributed by atoms with van der Waals surface area (Å²) < 4.78 is 0. The van der Waals surface area contributed by atoms with Crippen molar-refractivity contribution in [3.63, 3.8) is 0 Å². The molecule has 4 aromatic rings. The van der Waals surface area contributed by atoms with Crippen LogP contribution in [0.4, 0.5) is 0 Å². The Balaban J connectivity index is 0.000000751. The van der Waals surface area contributed by atoms with E-state index in [1.54, 1.807) is 17.5 Å². The molecule has 0 atom stereocenters. The van der Waals surface area contributed by atoms with Crippen molar-refractivity contribution < 1.29 is 13.0 Å². The third-order valence-corrected chi connectivity index (χ3v) is 5.80. The SMILES string of the molecule is CCc1ccnc(-c2cc(CC)cc(-c3cc(C#Cc4ccc(C)s4)ccn3)n2)c1.[Cl][Ru]([Cl])[Cl]. The van der Waals surface area contributed by atoms with Gasteiger partial charge in [-0.25, -0.2) is 4.98 Å². The summed E-state index contributed by atoms with van der Waals surface area (Å²) in [5, 5.41) is 0. The quantitative estimate of drug-likeness (QED) is 0.172. The van der Waals surface area contributed by atoms with Gasteiger partial charge in [-0.15, -0.1) is 11.3 Å². The maximum absolute atomic E-state index is 4.95. The van der Waals surface area contributed by atoms with Crippen molar-refractivity contribution in [2.45, 2.75) is 33.6 Å². The van der Waals surface area contributed by atoms with Gasteiger partial charge in [0.2, 0.25) is 0 Å². The Bertz CT molecular complexity index is 1310. The standard InChI is InChI=1S/C26H23N3S.3ClH.Ru/c1-4-19-10-12-27-23(14-19)25-15-20(5-2)16-26(29-25)24-17-21(11-13-28-24)7-9-22-8-6-18(3)30-22;;;;/h6,8,10-17H,4-5H2,1-3H3;3*1H;/q;;;;+3/p-3. The molecule has 0 amide bonds. The zero-order valence-electron chi connectivity index (χ0n) is 18.9. The molecule has 0 N–H and O–H groups in total. The normalized spacial score (nSPS) is 10.6. The summed E-state index contributed by atoms with van der Waals surface area (Å²) in [7, 11) is 14.8. The minimum atomic E-state index is -1.75. The van der Waals surface area contributed by atoms with Crippen molar-refractivity contribution in [2.24, 2.45) is 0 Å². The molecule has 0 fully saturated rings. The average Bonchev–Trinajstić information content (AvgIpc) is 3.27. The van der Waals surface area contributed by atoms with E-state index in [0.717, 1.165) is 46.1 Å². The molecule has 4 aromatic heterocycles. The van der Waals surface area contributed by atoms with Gasteiger partial charge in [0, 0.05) is 22.8 Å². The predicted octanol–water partition coefficient (Wildman–Crippen LogP) is 8.17. The van der Waals surface area contributed by atoms with Gasteiger partial charge < -0.3 is 0 Å². The first-order valence-electron chi connectivity index (χ1n) is 10.6. The van der Waals surface area contributed by atoms with Crippen LogP contribution in [0.25, 0.3) is 22.8 Å². The number of rotatable bonds is 4. The first kappa shape index (κ1) is 26.8. The third-order valence-electron chi connectivity index (χ3n) is 4.88. The van der Waals surface area contributed by atoms with E-state index < -0.39 is 13.0 Å². The fourth-order valence-corrected chi connectivity index (χ4v) is 3.89. The van der Waals surface area contributed by atoms with E-state index in [1.807, 2.05) is 24.4 Å². The summed E-state index contributed by atoms with van der Waals surface area (Å²) in [4.78, 5) is 16.3. The van der Waals surface area contributed by atoms with E-state index in [-0.39, 0.29) is 0 Å². The summed E-state index contributed by atoms with van der Waals surface area (Å²) in [6.45, 7) is 6.39. The Morgan fingerprint density at radius 1 is 0.765 bits per heavy atom. The van der Waals surface area contributed by atoms with Crippen LogP contribution in [0.2, 0.25) is 0 Å². The first-order valence-corrected chi connectivity index (χ1v) is 18.1. The van der Waals surface area contributed by atoms with Gasteiger partial charge in [0.1, 0.15) is 0 Å². The molecule has 0 radical (unpaired) electrons. The first-order chi connectivity index (χ1) is 16.4. The number of aromatic nitrogens is 3. The minimum absolute atomic E-state index is 0.826. The number of nitrogens with zero attached hydrogens (tertiary/aromatic N) is 3. The van der Waals surface area contributed by atoms with Crippen LogP contribution in [0.5, 0.6) is 0 Å². The Hall–Kier alpha value is -1.80. The molecule has 0 saturated carbocycles. The van der Waals surface area contributed by atoms with Gasteiger partial charge in [0.15, 0.2) is 0 Å². The summed E-state index contributed by atoms with van der Waals surface area (Å²) in [5.41, 5.74) is 6.86. The van der Waals surface area contributed by atoms with Crippen LogP contribution in [0.1, 0.15) is 40.3 Å². The fourth-order valence-electron chi connectivity index (χ4n) is 3.17. The van der Waals surface area contributed by atoms with Crippen molar-refractivity contribution in [2.75, 3.05) is 0 Å². The molecule has 0 unspecified atom stereocenters. The van der Waals surface area contributed by atoms with Gasteiger partial charge in [0.25, 0.3) is 0 Å². The van der Waals surface area contributed by atoms with Crippen LogP contribution in [0.3, 0.4) is 0 Å². The summed E-state index contributed by atoms with van der Waals surface area (Å²) >= 11 is -0.0469. The van der Waals surface area contributed by atoms with E-state index >= 15 is 0 Å². The molecule has 0 aliphatic heterocycles. The molecule has 0 aliphatic rings. The number of hydrogen-bond donors (Lipinski definition) is 0. The Morgan fingerprint density at radius 2 is 1.35 bits per heavy atom. The van der Waals surface area contributed by atoms with Crippen molar-refractivity contribution in [1.82, 2.24) is 15.0 Å². The van der Waals surface area contributed by atoms with Gasteiger partial charge >= 0.3 is 42.1 Å². The van der Waals surface area contributed by atoms with Gasteiger partial charge in [-0.2, -0.15) is 0 Å². The van der Waals surface area contributed by atoms with E-state index in [1.165, 1.54) is 16.0 Å². The maximum atomic E-state index is 4.95. The molecule has 34 heavy (non-hydrogen) atoms. The van der Waals surface area contributed by atoms with Crippen LogP contribution in [0.15, 0.2) is 60.9 Å². The van der Waals surface area contributed by atoms with Crippen LogP contribution in [-0.2, 0) is 25.8 Å². The van der Waals surface area contributed by atoms with Gasteiger partial charge in [0.05, 0.1) is 27.7 Å². The average molecular weight is 617 g/mol. The molecule has 0 bridgehead atoms. The molecular weight excluding hydrogens is 594 g/mol. The van der Waals surface area contributed by atoms with E-state index in [9.17, 15) is 0 Å². The molecule has 177 valence electrons. The van der Waals surface area contributed by atoms with Crippen LogP contribution in [-0.4, -0.2) is 15.0 Å². The number of hydrogen-bond acceptors (Lipinski definition) is 4. The molecule has 0 aliphatic carbocycles. The fraction of sp³-hybridized carbons (Fsp3) is 0.192. The number of halogens is 3. The molecule has 8 heteroatoms. The Labute approximate surface area is 222 Å².